The lowest BCUT2D eigenvalue weighted by atomic mass is 10.0. The molecule has 1 unspecified atom stereocenters. The number of ether oxygens (including phenoxy) is 1. The minimum Gasteiger partial charge on any atom is -0.468 e. The number of amides is 2. The molecule has 1 N–H and O–H groups in total. The van der Waals surface area contributed by atoms with Gasteiger partial charge >= 0.3 is 5.97 Å². The largest absolute Gasteiger partial charge is 0.468 e. The summed E-state index contributed by atoms with van der Waals surface area (Å²) in [5.74, 6) is -1.03. The van der Waals surface area contributed by atoms with Gasteiger partial charge in [-0.2, -0.15) is 0 Å². The highest BCUT2D eigenvalue weighted by molar-refractivity contribution is 6.08. The number of rotatable bonds is 4. The number of carbonyl (C=O) groups is 3. The summed E-state index contributed by atoms with van der Waals surface area (Å²) in [7, 11) is 1.28. The Labute approximate surface area is 147 Å². The summed E-state index contributed by atoms with van der Waals surface area (Å²) in [5, 5.41) is 2.77. The second-order valence-electron chi connectivity index (χ2n) is 7.13. The van der Waals surface area contributed by atoms with Gasteiger partial charge in [-0.25, -0.2) is 0 Å². The van der Waals surface area contributed by atoms with Gasteiger partial charge in [0.2, 0.25) is 11.8 Å². The zero-order chi connectivity index (χ0) is 18.4. The van der Waals surface area contributed by atoms with E-state index in [2.05, 4.69) is 17.4 Å². The van der Waals surface area contributed by atoms with Gasteiger partial charge in [0, 0.05) is 12.2 Å². The summed E-state index contributed by atoms with van der Waals surface area (Å²) in [6, 6.07) is 3.52. The molecular formula is C19H24N2O4. The van der Waals surface area contributed by atoms with Crippen molar-refractivity contribution in [1.29, 1.82) is 0 Å². The quantitative estimate of drug-likeness (QED) is 0.667. The van der Waals surface area contributed by atoms with Crippen molar-refractivity contribution in [2.45, 2.75) is 46.1 Å². The van der Waals surface area contributed by atoms with E-state index in [-0.39, 0.29) is 5.91 Å². The van der Waals surface area contributed by atoms with E-state index in [1.807, 2.05) is 20.8 Å². The Kier molecular flexibility index (Phi) is 4.31. The lowest BCUT2D eigenvalue weighted by Gasteiger charge is -2.23. The van der Waals surface area contributed by atoms with Crippen molar-refractivity contribution in [3.8, 4) is 0 Å². The first-order valence-corrected chi connectivity index (χ1v) is 8.59. The number of anilines is 1. The molecule has 1 aliphatic heterocycles. The maximum absolute atomic E-state index is 12.8. The Hall–Kier alpha value is -2.37. The molecule has 1 aliphatic carbocycles. The number of aryl methyl sites for hydroxylation is 3. The fourth-order valence-corrected chi connectivity index (χ4v) is 3.77. The summed E-state index contributed by atoms with van der Waals surface area (Å²) < 4.78 is 4.73. The third-order valence-corrected chi connectivity index (χ3v) is 5.18. The molecule has 1 saturated carbocycles. The molecule has 0 bridgehead atoms. The second kappa shape index (κ2) is 6.17. The van der Waals surface area contributed by atoms with Crippen LogP contribution in [0.2, 0.25) is 0 Å². The topological polar surface area (TPSA) is 75.7 Å². The van der Waals surface area contributed by atoms with Gasteiger partial charge in [0.15, 0.2) is 0 Å². The maximum Gasteiger partial charge on any atom is 0.321 e. The molecule has 2 amide bonds. The fourth-order valence-electron chi connectivity index (χ4n) is 3.77. The predicted molar refractivity (Wildman–Crippen MR) is 93.2 cm³/mol. The van der Waals surface area contributed by atoms with Crippen LogP contribution in [0, 0.1) is 26.2 Å². The Morgan fingerprint density at radius 1 is 1.20 bits per heavy atom. The van der Waals surface area contributed by atoms with Crippen molar-refractivity contribution >= 4 is 23.5 Å². The second-order valence-corrected chi connectivity index (χ2v) is 7.13. The van der Waals surface area contributed by atoms with Crippen LogP contribution < -0.4 is 10.2 Å². The highest BCUT2D eigenvalue weighted by Gasteiger charge is 2.58. The van der Waals surface area contributed by atoms with Gasteiger partial charge in [0.25, 0.3) is 0 Å². The Morgan fingerprint density at radius 2 is 1.80 bits per heavy atom. The van der Waals surface area contributed by atoms with E-state index < -0.39 is 23.3 Å². The number of methoxy groups -OCH3 is 1. The smallest absolute Gasteiger partial charge is 0.321 e. The first-order valence-electron chi connectivity index (χ1n) is 8.59. The third kappa shape index (κ3) is 2.90. The van der Waals surface area contributed by atoms with Crippen molar-refractivity contribution in [2.24, 2.45) is 5.41 Å². The molecule has 1 heterocycles. The summed E-state index contributed by atoms with van der Waals surface area (Å²) in [5.41, 5.74) is 3.08. The molecule has 25 heavy (non-hydrogen) atoms. The van der Waals surface area contributed by atoms with E-state index in [1.54, 1.807) is 4.90 Å². The molecule has 1 aromatic carbocycles. The first kappa shape index (κ1) is 17.5. The molecule has 3 rings (SSSR count). The molecule has 1 atom stereocenters. The van der Waals surface area contributed by atoms with Crippen LogP contribution in [0.1, 0.15) is 36.0 Å². The summed E-state index contributed by atoms with van der Waals surface area (Å²) in [6.07, 6.45) is 1.49. The molecule has 6 heteroatoms. The van der Waals surface area contributed by atoms with Crippen molar-refractivity contribution in [1.82, 2.24) is 5.32 Å². The van der Waals surface area contributed by atoms with Crippen LogP contribution >= 0.6 is 0 Å². The molecule has 1 saturated heterocycles. The zero-order valence-electron chi connectivity index (χ0n) is 15.1. The summed E-state index contributed by atoms with van der Waals surface area (Å²) in [6.45, 7) is 6.57. The Balaban J connectivity index is 1.75. The summed E-state index contributed by atoms with van der Waals surface area (Å²) >= 11 is 0. The minimum atomic E-state index is -1.09. The molecule has 0 aromatic heterocycles. The average molecular weight is 344 g/mol. The van der Waals surface area contributed by atoms with Crippen molar-refractivity contribution < 1.29 is 19.1 Å². The molecular weight excluding hydrogens is 320 g/mol. The van der Waals surface area contributed by atoms with Crippen LogP contribution in [0.25, 0.3) is 0 Å². The zero-order valence-corrected chi connectivity index (χ0v) is 15.1. The van der Waals surface area contributed by atoms with Crippen molar-refractivity contribution in [3.63, 3.8) is 0 Å². The number of nitrogens with one attached hydrogen (secondary N) is 1. The van der Waals surface area contributed by atoms with Crippen LogP contribution in [-0.4, -0.2) is 37.5 Å². The van der Waals surface area contributed by atoms with Crippen molar-refractivity contribution in [3.05, 3.63) is 28.8 Å². The van der Waals surface area contributed by atoms with Crippen LogP contribution in [0.15, 0.2) is 12.1 Å². The van der Waals surface area contributed by atoms with Gasteiger partial charge in [-0.15, -0.1) is 0 Å². The van der Waals surface area contributed by atoms with Crippen LogP contribution in [0.5, 0.6) is 0 Å². The lowest BCUT2D eigenvalue weighted by molar-refractivity contribution is -0.152. The highest BCUT2D eigenvalue weighted by Crippen LogP contribution is 2.47. The summed E-state index contributed by atoms with van der Waals surface area (Å²) in [4.78, 5) is 38.8. The fraction of sp³-hybridized carbons (Fsp3) is 0.526. The van der Waals surface area contributed by atoms with E-state index in [4.69, 9.17) is 4.74 Å². The normalized spacial score (nSPS) is 21.2. The number of carbonyl (C=O) groups excluding carboxylic acids is 3. The van der Waals surface area contributed by atoms with E-state index in [0.29, 0.717) is 25.8 Å². The maximum atomic E-state index is 12.8. The molecule has 2 aliphatic rings. The highest BCUT2D eigenvalue weighted by atomic mass is 16.5. The van der Waals surface area contributed by atoms with Gasteiger partial charge in [-0.3, -0.25) is 14.4 Å². The van der Waals surface area contributed by atoms with Crippen molar-refractivity contribution in [2.75, 3.05) is 18.6 Å². The van der Waals surface area contributed by atoms with Crippen LogP contribution in [-0.2, 0) is 19.1 Å². The van der Waals surface area contributed by atoms with Crippen LogP contribution in [0.3, 0.4) is 0 Å². The minimum absolute atomic E-state index is 0.121. The third-order valence-electron chi connectivity index (χ3n) is 5.18. The van der Waals surface area contributed by atoms with E-state index in [1.165, 1.54) is 7.11 Å². The Bertz CT molecular complexity index is 729. The SMILES string of the molecule is COC(=O)C1(C(=O)NC2CCN(c3c(C)cc(C)cc3C)C2=O)CC1. The molecule has 2 fully saturated rings. The number of hydrogen-bond acceptors (Lipinski definition) is 4. The monoisotopic (exact) mass is 344 g/mol. The number of benzene rings is 1. The van der Waals surface area contributed by atoms with Gasteiger partial charge < -0.3 is 15.0 Å². The number of nitrogens with zero attached hydrogens (tertiary/aromatic N) is 1. The molecule has 134 valence electrons. The molecule has 0 radical (unpaired) electrons. The van der Waals surface area contributed by atoms with Gasteiger partial charge in [0.1, 0.15) is 11.5 Å². The lowest BCUT2D eigenvalue weighted by Crippen LogP contribution is -2.47. The predicted octanol–water partition coefficient (Wildman–Crippen LogP) is 1.79. The molecule has 0 spiro atoms. The average Bonchev–Trinajstić information content (AvgIpc) is 3.29. The number of esters is 1. The first-order chi connectivity index (χ1) is 11.8. The van der Waals surface area contributed by atoms with Gasteiger partial charge in [-0.05, 0) is 51.2 Å². The van der Waals surface area contributed by atoms with E-state index in [0.717, 1.165) is 22.4 Å². The molecule has 1 aromatic rings. The van der Waals surface area contributed by atoms with Gasteiger partial charge in [-0.1, -0.05) is 17.7 Å². The number of hydrogen-bond donors (Lipinski definition) is 1. The van der Waals surface area contributed by atoms with E-state index in [9.17, 15) is 14.4 Å². The molecule has 6 nitrogen and oxygen atoms in total. The van der Waals surface area contributed by atoms with Crippen LogP contribution in [0.4, 0.5) is 5.69 Å². The van der Waals surface area contributed by atoms with E-state index >= 15 is 0 Å². The van der Waals surface area contributed by atoms with Gasteiger partial charge in [0.05, 0.1) is 7.11 Å². The standard InChI is InChI=1S/C19H24N2O4/c1-11-9-12(2)15(13(3)10-11)21-8-5-14(16(21)22)20-17(23)19(6-7-19)18(24)25-4/h9-10,14H,5-8H2,1-4H3,(H,20,23). The Morgan fingerprint density at radius 3 is 2.32 bits per heavy atom.